The molecule has 2 N–H and O–H groups in total. The number of hydrogen-bond donors (Lipinski definition) is 1. The SMILES string of the molecule is Nc1ccc2c(c1)CCc1c3c(c4c(c1-2)-c1ccccc1CC4)C(=O)OC3=O. The van der Waals surface area contributed by atoms with Gasteiger partial charge in [0, 0.05) is 5.69 Å². The first-order chi connectivity index (χ1) is 13.6. The van der Waals surface area contributed by atoms with Crippen LogP contribution >= 0.6 is 0 Å². The van der Waals surface area contributed by atoms with Gasteiger partial charge in [0.2, 0.25) is 0 Å². The highest BCUT2D eigenvalue weighted by Gasteiger charge is 2.41. The molecule has 2 aliphatic carbocycles. The van der Waals surface area contributed by atoms with Crippen molar-refractivity contribution in [3.63, 3.8) is 0 Å². The van der Waals surface area contributed by atoms with Crippen LogP contribution in [0, 0.1) is 0 Å². The Morgan fingerprint density at radius 1 is 0.679 bits per heavy atom. The fraction of sp³-hybridized carbons (Fsp3) is 0.167. The second-order valence-corrected chi connectivity index (χ2v) is 7.71. The van der Waals surface area contributed by atoms with Crippen LogP contribution in [0.15, 0.2) is 42.5 Å². The summed E-state index contributed by atoms with van der Waals surface area (Å²) >= 11 is 0. The predicted molar refractivity (Wildman–Crippen MR) is 106 cm³/mol. The molecule has 0 aromatic heterocycles. The maximum absolute atomic E-state index is 12.6. The van der Waals surface area contributed by atoms with Crippen LogP contribution in [0.4, 0.5) is 5.69 Å². The summed E-state index contributed by atoms with van der Waals surface area (Å²) in [5.41, 5.74) is 16.5. The normalized spacial score (nSPS) is 15.9. The maximum atomic E-state index is 12.6. The molecule has 3 aromatic rings. The first kappa shape index (κ1) is 15.6. The average molecular weight is 367 g/mol. The van der Waals surface area contributed by atoms with E-state index in [0.29, 0.717) is 17.5 Å². The van der Waals surface area contributed by atoms with Crippen molar-refractivity contribution < 1.29 is 14.3 Å². The third-order valence-electron chi connectivity index (χ3n) is 6.27. The Morgan fingerprint density at radius 3 is 2.00 bits per heavy atom. The molecule has 0 saturated heterocycles. The van der Waals surface area contributed by atoms with E-state index in [1.165, 1.54) is 11.1 Å². The van der Waals surface area contributed by atoms with Crippen LogP contribution in [-0.2, 0) is 30.4 Å². The molecule has 28 heavy (non-hydrogen) atoms. The van der Waals surface area contributed by atoms with Crippen molar-refractivity contribution in [1.29, 1.82) is 0 Å². The van der Waals surface area contributed by atoms with Crippen molar-refractivity contribution in [2.45, 2.75) is 25.7 Å². The highest BCUT2D eigenvalue weighted by molar-refractivity contribution is 6.19. The molecule has 0 amide bonds. The average Bonchev–Trinajstić information content (AvgIpc) is 3.01. The molecule has 3 aliphatic rings. The largest absolute Gasteiger partial charge is 0.399 e. The highest BCUT2D eigenvalue weighted by Crippen LogP contribution is 2.50. The van der Waals surface area contributed by atoms with Crippen LogP contribution in [0.25, 0.3) is 22.3 Å². The first-order valence-corrected chi connectivity index (χ1v) is 9.58. The number of anilines is 1. The van der Waals surface area contributed by atoms with Crippen molar-refractivity contribution in [2.24, 2.45) is 0 Å². The smallest absolute Gasteiger partial charge is 0.347 e. The molecule has 4 nitrogen and oxygen atoms in total. The quantitative estimate of drug-likeness (QED) is 0.369. The van der Waals surface area contributed by atoms with Gasteiger partial charge in [-0.2, -0.15) is 0 Å². The molecule has 4 heteroatoms. The van der Waals surface area contributed by atoms with Gasteiger partial charge in [0.25, 0.3) is 0 Å². The summed E-state index contributed by atoms with van der Waals surface area (Å²) in [5.74, 6) is -1.00. The van der Waals surface area contributed by atoms with Gasteiger partial charge in [-0.15, -0.1) is 0 Å². The fourth-order valence-corrected chi connectivity index (χ4v) is 5.15. The van der Waals surface area contributed by atoms with E-state index in [1.807, 2.05) is 18.2 Å². The molecule has 0 saturated carbocycles. The zero-order valence-corrected chi connectivity index (χ0v) is 15.2. The van der Waals surface area contributed by atoms with E-state index in [9.17, 15) is 9.59 Å². The van der Waals surface area contributed by atoms with Gasteiger partial charge in [-0.1, -0.05) is 30.3 Å². The number of carbonyl (C=O) groups excluding carboxylic acids is 2. The van der Waals surface area contributed by atoms with E-state index < -0.39 is 11.9 Å². The Morgan fingerprint density at radius 2 is 1.29 bits per heavy atom. The summed E-state index contributed by atoms with van der Waals surface area (Å²) in [5, 5.41) is 0. The number of rotatable bonds is 0. The Balaban J connectivity index is 1.81. The van der Waals surface area contributed by atoms with Crippen LogP contribution in [0.3, 0.4) is 0 Å². The van der Waals surface area contributed by atoms with Gasteiger partial charge in [0.15, 0.2) is 0 Å². The number of hydrogen-bond acceptors (Lipinski definition) is 4. The maximum Gasteiger partial charge on any atom is 0.347 e. The molecule has 0 radical (unpaired) electrons. The zero-order valence-electron chi connectivity index (χ0n) is 15.2. The number of nitrogens with two attached hydrogens (primary N) is 1. The minimum absolute atomic E-state index is 0.487. The Bertz CT molecular complexity index is 1240. The predicted octanol–water partition coefficient (Wildman–Crippen LogP) is 4.11. The van der Waals surface area contributed by atoms with Gasteiger partial charge >= 0.3 is 11.9 Å². The molecule has 0 fully saturated rings. The van der Waals surface area contributed by atoms with Crippen molar-refractivity contribution >= 4 is 17.6 Å². The van der Waals surface area contributed by atoms with Crippen LogP contribution in [0.1, 0.15) is 43.0 Å². The molecule has 0 bridgehead atoms. The number of carbonyl (C=O) groups is 2. The number of benzene rings is 3. The van der Waals surface area contributed by atoms with Crippen LogP contribution in [-0.4, -0.2) is 11.9 Å². The van der Waals surface area contributed by atoms with Gasteiger partial charge in [-0.05, 0) is 82.3 Å². The molecule has 3 aromatic carbocycles. The lowest BCUT2D eigenvalue weighted by molar-refractivity contribution is 0.0443. The van der Waals surface area contributed by atoms with E-state index in [1.54, 1.807) is 0 Å². The van der Waals surface area contributed by atoms with Crippen molar-refractivity contribution in [2.75, 3.05) is 5.73 Å². The van der Waals surface area contributed by atoms with E-state index in [4.69, 9.17) is 10.5 Å². The van der Waals surface area contributed by atoms with E-state index in [2.05, 4.69) is 24.3 Å². The minimum atomic E-state index is -0.503. The van der Waals surface area contributed by atoms with E-state index >= 15 is 0 Å². The number of cyclic esters (lactones) is 2. The fourth-order valence-electron chi connectivity index (χ4n) is 5.15. The third kappa shape index (κ3) is 1.89. The molecule has 6 rings (SSSR count). The number of nitrogen functional groups attached to an aromatic ring is 1. The van der Waals surface area contributed by atoms with Crippen LogP contribution in [0.2, 0.25) is 0 Å². The van der Waals surface area contributed by atoms with Crippen molar-refractivity contribution in [3.05, 3.63) is 75.8 Å². The monoisotopic (exact) mass is 367 g/mol. The summed E-state index contributed by atoms with van der Waals surface area (Å²) in [6.45, 7) is 0. The van der Waals surface area contributed by atoms with Gasteiger partial charge in [0.05, 0.1) is 11.1 Å². The topological polar surface area (TPSA) is 69.4 Å². The molecule has 1 heterocycles. The summed E-state index contributed by atoms with van der Waals surface area (Å²) in [7, 11) is 0. The zero-order chi connectivity index (χ0) is 19.0. The van der Waals surface area contributed by atoms with Gasteiger partial charge in [-0.3, -0.25) is 0 Å². The van der Waals surface area contributed by atoms with E-state index in [-0.39, 0.29) is 0 Å². The lowest BCUT2D eigenvalue weighted by Gasteiger charge is -2.30. The van der Waals surface area contributed by atoms with Gasteiger partial charge < -0.3 is 10.5 Å². The summed E-state index contributed by atoms with van der Waals surface area (Å²) in [6.07, 6.45) is 3.08. The molecular weight excluding hydrogens is 350 g/mol. The summed E-state index contributed by atoms with van der Waals surface area (Å²) in [6, 6.07) is 14.3. The van der Waals surface area contributed by atoms with Crippen LogP contribution < -0.4 is 5.73 Å². The number of fused-ring (bicyclic) bond motifs is 10. The van der Waals surface area contributed by atoms with Crippen molar-refractivity contribution in [1.82, 2.24) is 0 Å². The van der Waals surface area contributed by atoms with Crippen molar-refractivity contribution in [3.8, 4) is 22.3 Å². The second kappa shape index (κ2) is 5.32. The van der Waals surface area contributed by atoms with E-state index in [0.717, 1.165) is 58.3 Å². The minimum Gasteiger partial charge on any atom is -0.399 e. The summed E-state index contributed by atoms with van der Waals surface area (Å²) < 4.78 is 5.06. The Kier molecular flexibility index (Phi) is 2.97. The summed E-state index contributed by atoms with van der Waals surface area (Å²) in [4.78, 5) is 25.2. The molecule has 1 aliphatic heterocycles. The molecule has 0 atom stereocenters. The number of ether oxygens (including phenoxy) is 1. The van der Waals surface area contributed by atoms with Gasteiger partial charge in [-0.25, -0.2) is 9.59 Å². The first-order valence-electron chi connectivity index (χ1n) is 9.58. The third-order valence-corrected chi connectivity index (χ3v) is 6.27. The van der Waals surface area contributed by atoms with Gasteiger partial charge in [0.1, 0.15) is 0 Å². The Hall–Kier alpha value is -3.40. The highest BCUT2D eigenvalue weighted by atomic mass is 16.6. The molecule has 0 unspecified atom stereocenters. The molecule has 136 valence electrons. The Labute approximate surface area is 161 Å². The number of esters is 2. The lowest BCUT2D eigenvalue weighted by Crippen LogP contribution is -2.17. The van der Waals surface area contributed by atoms with Crippen LogP contribution in [0.5, 0.6) is 0 Å². The molecular formula is C24H17NO3. The number of aryl methyl sites for hydroxylation is 2. The standard InChI is InChI=1S/C24H17NO3/c25-14-7-10-16-13(11-14)6-9-18-20(16)19-15-4-2-1-3-12(15)5-8-17(19)21-22(18)24(27)28-23(21)26/h1-4,7,10-11H,5-6,8-9,25H2. The molecule has 0 spiro atoms. The lowest BCUT2D eigenvalue weighted by atomic mass is 9.72. The second-order valence-electron chi connectivity index (χ2n) is 7.71.